The molecule has 8 rings (SSSR count). The molecule has 2 spiro atoms. The van der Waals surface area contributed by atoms with Gasteiger partial charge in [0.1, 0.15) is 11.4 Å². The molecule has 4 aliphatic heterocycles. The Morgan fingerprint density at radius 2 is 1.94 bits per heavy atom. The lowest BCUT2D eigenvalue weighted by atomic mass is 9.63. The van der Waals surface area contributed by atoms with Crippen LogP contribution in [0.4, 0.5) is 5.69 Å². The molecule has 264 valence electrons. The zero-order valence-corrected chi connectivity index (χ0v) is 30.1. The fraction of sp³-hybridized carbons (Fsp3) is 0.605. The van der Waals surface area contributed by atoms with Crippen LogP contribution < -0.4 is 14.4 Å². The molecule has 2 aliphatic carbocycles. The van der Waals surface area contributed by atoms with E-state index in [1.807, 2.05) is 13.0 Å². The summed E-state index contributed by atoms with van der Waals surface area (Å²) in [4.78, 5) is 18.4. The van der Waals surface area contributed by atoms with Gasteiger partial charge in [0.15, 0.2) is 0 Å². The molecule has 2 aromatic carbocycles. The molecule has 1 N–H and O–H groups in total. The number of sulfonamides is 1. The van der Waals surface area contributed by atoms with Crippen LogP contribution in [0.15, 0.2) is 53.4 Å². The molecule has 2 saturated heterocycles. The quantitative estimate of drug-likeness (QED) is 0.366. The maximum Gasteiger partial charge on any atom is 0.264 e. The van der Waals surface area contributed by atoms with Gasteiger partial charge in [-0.2, -0.15) is 0 Å². The molecule has 0 aromatic heterocycles. The molecular weight excluding hydrogens is 662 g/mol. The lowest BCUT2D eigenvalue weighted by Gasteiger charge is -2.56. The highest BCUT2D eigenvalue weighted by atomic mass is 35.5. The Bertz CT molecular complexity index is 1750. The third-order valence-corrected chi connectivity index (χ3v) is 14.2. The average molecular weight is 710 g/mol. The number of nitrogens with one attached hydrogen (secondary N) is 1. The Balaban J connectivity index is 1.22. The summed E-state index contributed by atoms with van der Waals surface area (Å²) in [6.45, 7) is 9.53. The maximum absolute atomic E-state index is 13.7. The van der Waals surface area contributed by atoms with Crippen molar-refractivity contribution in [3.63, 3.8) is 0 Å². The number of benzene rings is 2. The van der Waals surface area contributed by atoms with Gasteiger partial charge in [0.2, 0.25) is 5.91 Å². The first-order chi connectivity index (χ1) is 23.6. The van der Waals surface area contributed by atoms with Gasteiger partial charge in [0.05, 0.1) is 43.1 Å². The van der Waals surface area contributed by atoms with Crippen molar-refractivity contribution >= 4 is 33.2 Å². The molecule has 1 saturated carbocycles. The molecule has 4 heterocycles. The number of fused-ring (bicyclic) bond motifs is 6. The van der Waals surface area contributed by atoms with Crippen LogP contribution in [0.2, 0.25) is 5.02 Å². The van der Waals surface area contributed by atoms with E-state index in [-0.39, 0.29) is 22.3 Å². The molecule has 1 unspecified atom stereocenters. The second-order valence-corrected chi connectivity index (χ2v) is 17.6. The Hall–Kier alpha value is -2.63. The minimum Gasteiger partial charge on any atom is -0.490 e. The number of allylic oxidation sites excluding steroid dienone is 1. The number of halogens is 1. The fourth-order valence-corrected chi connectivity index (χ4v) is 10.6. The summed E-state index contributed by atoms with van der Waals surface area (Å²) in [7, 11) is -4.11. The largest absolute Gasteiger partial charge is 0.490 e. The first kappa shape index (κ1) is 33.5. The van der Waals surface area contributed by atoms with E-state index in [0.717, 1.165) is 69.1 Å². The molecule has 11 heteroatoms. The van der Waals surface area contributed by atoms with Crippen molar-refractivity contribution in [2.75, 3.05) is 57.5 Å². The van der Waals surface area contributed by atoms with Gasteiger partial charge in [-0.3, -0.25) is 9.69 Å². The van der Waals surface area contributed by atoms with Crippen LogP contribution in [-0.2, 0) is 36.1 Å². The Morgan fingerprint density at radius 3 is 2.78 bits per heavy atom. The van der Waals surface area contributed by atoms with Gasteiger partial charge in [0.25, 0.3) is 10.0 Å². The van der Waals surface area contributed by atoms with E-state index >= 15 is 0 Å². The van der Waals surface area contributed by atoms with E-state index < -0.39 is 27.4 Å². The van der Waals surface area contributed by atoms with Crippen molar-refractivity contribution in [3.8, 4) is 5.75 Å². The number of ether oxygens (including phenoxy) is 3. The van der Waals surface area contributed by atoms with Crippen LogP contribution in [0, 0.1) is 23.7 Å². The predicted octanol–water partition coefficient (Wildman–Crippen LogP) is 5.35. The highest BCUT2D eigenvalue weighted by molar-refractivity contribution is 7.90. The first-order valence-electron chi connectivity index (χ1n) is 18.1. The number of carbonyl (C=O) groups is 1. The monoisotopic (exact) mass is 709 g/mol. The second-order valence-electron chi connectivity index (χ2n) is 15.5. The molecular formula is C38H48ClN3O6S. The topological polar surface area (TPSA) is 97.4 Å². The zero-order valence-electron chi connectivity index (χ0n) is 28.5. The van der Waals surface area contributed by atoms with Crippen LogP contribution >= 0.6 is 11.6 Å². The molecule has 2 aromatic rings. The minimum atomic E-state index is -4.11. The summed E-state index contributed by atoms with van der Waals surface area (Å²) in [6.07, 6.45) is 10.2. The van der Waals surface area contributed by atoms with E-state index in [2.05, 4.69) is 38.8 Å². The summed E-state index contributed by atoms with van der Waals surface area (Å²) in [6, 6.07) is 11.6. The van der Waals surface area contributed by atoms with E-state index in [9.17, 15) is 13.2 Å². The normalized spacial score (nSPS) is 36.7. The fourth-order valence-electron chi connectivity index (χ4n) is 9.32. The molecule has 3 fully saturated rings. The molecule has 9 nitrogen and oxygen atoms in total. The second kappa shape index (κ2) is 12.9. The molecule has 7 atom stereocenters. The number of nitrogens with zero attached hydrogens (tertiary/aromatic N) is 2. The predicted molar refractivity (Wildman–Crippen MR) is 189 cm³/mol. The van der Waals surface area contributed by atoms with Crippen LogP contribution in [0.5, 0.6) is 5.75 Å². The van der Waals surface area contributed by atoms with E-state index in [0.29, 0.717) is 50.4 Å². The van der Waals surface area contributed by atoms with Crippen LogP contribution in [-0.4, -0.2) is 83.5 Å². The van der Waals surface area contributed by atoms with Crippen molar-refractivity contribution in [1.82, 2.24) is 9.62 Å². The molecule has 0 radical (unpaired) electrons. The van der Waals surface area contributed by atoms with Gasteiger partial charge in [-0.1, -0.05) is 43.7 Å². The first-order valence-corrected chi connectivity index (χ1v) is 19.9. The summed E-state index contributed by atoms with van der Waals surface area (Å²) in [5.41, 5.74) is 2.56. The number of hydrogen-bond acceptors (Lipinski definition) is 8. The lowest BCUT2D eigenvalue weighted by molar-refractivity contribution is -0.186. The molecule has 49 heavy (non-hydrogen) atoms. The number of amides is 1. The summed E-state index contributed by atoms with van der Waals surface area (Å²) in [5, 5.41) is 0.741. The zero-order chi connectivity index (χ0) is 34.0. The average Bonchev–Trinajstić information content (AvgIpc) is 3.22. The van der Waals surface area contributed by atoms with Crippen LogP contribution in [0.3, 0.4) is 0 Å². The number of hydrogen-bond donors (Lipinski definition) is 1. The van der Waals surface area contributed by atoms with E-state index in [1.54, 1.807) is 25.1 Å². The highest BCUT2D eigenvalue weighted by Crippen LogP contribution is 2.50. The molecule has 6 aliphatic rings. The standard InChI is InChI=1S/C38H48ClN3O6S/c1-25-5-3-14-38(23-41-15-16-46-20-30(41)21-48-38)33-10-7-28(33)19-42-22-37(13-4-6-27-17-29(39)8-11-32(27)37)24-47-35-12-9-31(18-34(35)42)49(44,45)40-36(43)26(25)2/h3,8-9,11-12,14,17-18,25-26,28,30,33H,4-7,10,13,15-16,19-24H2,1-2H3,(H,40,43)/b14-3+/t25-,26+,28-,30?,33+,37-,38+/m0/s1. The smallest absolute Gasteiger partial charge is 0.264 e. The van der Waals surface area contributed by atoms with Gasteiger partial charge < -0.3 is 19.1 Å². The SMILES string of the molecule is C[C@H]1C/C=C/[C@@]2(CN3CCOCC3CO2)[C@@H]2CC[C@H]2CN2C[C@@]3(CCCc4cc(Cl)ccc43)COc3ccc(cc32)S(=O)(=O)NC(=O)[C@@H]1C. The molecule has 1 amide bonds. The number of rotatable bonds is 0. The Morgan fingerprint density at radius 1 is 1.06 bits per heavy atom. The van der Waals surface area contributed by atoms with Crippen molar-refractivity contribution in [3.05, 3.63) is 64.7 Å². The third kappa shape index (κ3) is 6.09. The summed E-state index contributed by atoms with van der Waals surface area (Å²) >= 11 is 6.48. The van der Waals surface area contributed by atoms with Crippen molar-refractivity contribution in [2.45, 2.75) is 74.3 Å². The van der Waals surface area contributed by atoms with Crippen molar-refractivity contribution in [2.24, 2.45) is 23.7 Å². The van der Waals surface area contributed by atoms with Gasteiger partial charge in [-0.05, 0) is 97.7 Å². The van der Waals surface area contributed by atoms with Gasteiger partial charge in [-0.25, -0.2) is 13.1 Å². The number of anilines is 1. The van der Waals surface area contributed by atoms with Crippen molar-refractivity contribution in [1.29, 1.82) is 0 Å². The summed E-state index contributed by atoms with van der Waals surface area (Å²) in [5.74, 6) is 0.241. The van der Waals surface area contributed by atoms with Gasteiger partial charge >= 0.3 is 0 Å². The number of aryl methyl sites for hydroxylation is 1. The Kier molecular flexibility index (Phi) is 8.79. The van der Waals surface area contributed by atoms with Crippen LogP contribution in [0.25, 0.3) is 0 Å². The van der Waals surface area contributed by atoms with E-state index in [4.69, 9.17) is 25.8 Å². The van der Waals surface area contributed by atoms with E-state index in [1.165, 1.54) is 11.1 Å². The van der Waals surface area contributed by atoms with Gasteiger partial charge in [0, 0.05) is 42.5 Å². The summed E-state index contributed by atoms with van der Waals surface area (Å²) < 4.78 is 49.2. The highest BCUT2D eigenvalue weighted by Gasteiger charge is 2.52. The minimum absolute atomic E-state index is 0.0614. The lowest BCUT2D eigenvalue weighted by Crippen LogP contribution is -2.65. The van der Waals surface area contributed by atoms with Gasteiger partial charge in [-0.15, -0.1) is 0 Å². The maximum atomic E-state index is 13.7. The number of carbonyl (C=O) groups excluding carboxylic acids is 1. The number of morpholine rings is 2. The van der Waals surface area contributed by atoms with Crippen LogP contribution in [0.1, 0.15) is 57.1 Å². The molecule has 2 bridgehead atoms. The third-order valence-electron chi connectivity index (χ3n) is 12.6. The Labute approximate surface area is 295 Å². The van der Waals surface area contributed by atoms with Crippen molar-refractivity contribution < 1.29 is 27.4 Å².